The van der Waals surface area contributed by atoms with Gasteiger partial charge in [0.05, 0.1) is 0 Å². The predicted molar refractivity (Wildman–Crippen MR) is 47.1 cm³/mol. The van der Waals surface area contributed by atoms with Crippen molar-refractivity contribution in [3.63, 3.8) is 0 Å². The molecule has 0 aromatic rings. The zero-order chi connectivity index (χ0) is 7.68. The summed E-state index contributed by atoms with van der Waals surface area (Å²) in [5.74, 6) is 1.86. The van der Waals surface area contributed by atoms with Crippen molar-refractivity contribution in [3.8, 4) is 0 Å². The second-order valence-electron chi connectivity index (χ2n) is 3.51. The van der Waals surface area contributed by atoms with E-state index in [0.29, 0.717) is 0 Å². The summed E-state index contributed by atoms with van der Waals surface area (Å²) in [4.78, 5) is 0. The van der Waals surface area contributed by atoms with E-state index in [9.17, 15) is 0 Å². The van der Waals surface area contributed by atoms with Gasteiger partial charge in [-0.05, 0) is 24.7 Å². The van der Waals surface area contributed by atoms with Crippen LogP contribution in [0.25, 0.3) is 0 Å². The third-order valence-electron chi connectivity index (χ3n) is 2.66. The monoisotopic (exact) mass is 149 g/mol. The molecular weight excluding hydrogens is 134 g/mol. The van der Waals surface area contributed by atoms with Gasteiger partial charge in [0.1, 0.15) is 0 Å². The quantitative estimate of drug-likeness (QED) is 0.563. The first-order valence-electron chi connectivity index (χ1n) is 4.43. The molecule has 1 fully saturated rings. The summed E-state index contributed by atoms with van der Waals surface area (Å²) < 4.78 is 0. The van der Waals surface area contributed by atoms with Crippen molar-refractivity contribution in [2.24, 2.45) is 11.8 Å². The highest BCUT2D eigenvalue weighted by Gasteiger charge is 2.34. The number of nitrogens with one attached hydrogen (secondary N) is 1. The van der Waals surface area contributed by atoms with Gasteiger partial charge in [-0.15, -0.1) is 0 Å². The molecule has 0 aliphatic heterocycles. The molecule has 0 spiro atoms. The Morgan fingerprint density at radius 3 is 3.18 bits per heavy atom. The van der Waals surface area contributed by atoms with Crippen LogP contribution in [0, 0.1) is 11.8 Å². The summed E-state index contributed by atoms with van der Waals surface area (Å²) in [5, 5.41) is 3.24. The smallest absolute Gasteiger partial charge is 0.0105 e. The van der Waals surface area contributed by atoms with E-state index in [1.807, 2.05) is 7.05 Å². The van der Waals surface area contributed by atoms with E-state index in [2.05, 4.69) is 23.5 Å². The van der Waals surface area contributed by atoms with Crippen LogP contribution in [0.5, 0.6) is 0 Å². The summed E-state index contributed by atoms with van der Waals surface area (Å²) in [6.45, 7) is 0. The molecule has 0 aromatic carbocycles. The fraction of sp³-hybridized carbons (Fsp3) is 0.600. The van der Waals surface area contributed by atoms with Crippen molar-refractivity contribution >= 4 is 0 Å². The summed E-state index contributed by atoms with van der Waals surface area (Å²) >= 11 is 0. The fourth-order valence-electron chi connectivity index (χ4n) is 1.74. The first-order chi connectivity index (χ1) is 5.40. The Labute approximate surface area is 68.2 Å². The number of rotatable bonds is 1. The van der Waals surface area contributed by atoms with E-state index in [4.69, 9.17) is 0 Å². The second-order valence-corrected chi connectivity index (χ2v) is 3.51. The van der Waals surface area contributed by atoms with Crippen LogP contribution >= 0.6 is 0 Å². The Morgan fingerprint density at radius 1 is 1.45 bits per heavy atom. The van der Waals surface area contributed by atoms with E-state index < -0.39 is 0 Å². The lowest BCUT2D eigenvalue weighted by atomic mass is 10.1. The lowest BCUT2D eigenvalue weighted by Gasteiger charge is -2.05. The molecule has 1 nitrogen and oxygen atoms in total. The van der Waals surface area contributed by atoms with Crippen LogP contribution in [0.1, 0.15) is 19.3 Å². The van der Waals surface area contributed by atoms with Gasteiger partial charge < -0.3 is 5.32 Å². The van der Waals surface area contributed by atoms with Gasteiger partial charge in [-0.2, -0.15) is 0 Å². The number of hydrogen-bond donors (Lipinski definition) is 1. The molecule has 2 atom stereocenters. The van der Waals surface area contributed by atoms with Gasteiger partial charge in [0.15, 0.2) is 0 Å². The van der Waals surface area contributed by atoms with Crippen molar-refractivity contribution in [1.82, 2.24) is 5.32 Å². The Balaban J connectivity index is 2.07. The van der Waals surface area contributed by atoms with Gasteiger partial charge in [0.2, 0.25) is 0 Å². The van der Waals surface area contributed by atoms with E-state index in [-0.39, 0.29) is 0 Å². The molecule has 2 aliphatic rings. The summed E-state index contributed by atoms with van der Waals surface area (Å²) in [6, 6.07) is 0. The van der Waals surface area contributed by atoms with Gasteiger partial charge in [-0.3, -0.25) is 0 Å². The topological polar surface area (TPSA) is 12.0 Å². The van der Waals surface area contributed by atoms with Crippen LogP contribution in [-0.4, -0.2) is 7.05 Å². The standard InChI is InChI=1S/C10H15N/c1-11-10-5-3-2-4-8-6-9(8)7-10/h2-3,7-9,11H,4-6H2,1H3. The van der Waals surface area contributed by atoms with E-state index in [1.165, 1.54) is 18.5 Å². The highest BCUT2D eigenvalue weighted by molar-refractivity contribution is 5.15. The first-order valence-corrected chi connectivity index (χ1v) is 4.43. The Morgan fingerprint density at radius 2 is 2.36 bits per heavy atom. The maximum atomic E-state index is 3.24. The molecule has 0 bridgehead atoms. The Bertz CT molecular complexity index is 203. The second kappa shape index (κ2) is 2.72. The molecule has 2 rings (SSSR count). The zero-order valence-electron chi connectivity index (χ0n) is 7.01. The molecule has 0 radical (unpaired) electrons. The van der Waals surface area contributed by atoms with Gasteiger partial charge in [-0.25, -0.2) is 0 Å². The largest absolute Gasteiger partial charge is 0.391 e. The van der Waals surface area contributed by atoms with Crippen molar-refractivity contribution in [3.05, 3.63) is 23.9 Å². The molecule has 0 aromatic heterocycles. The Kier molecular flexibility index (Phi) is 1.72. The summed E-state index contributed by atoms with van der Waals surface area (Å²) in [7, 11) is 2.01. The maximum Gasteiger partial charge on any atom is 0.0105 e. The highest BCUT2D eigenvalue weighted by Crippen LogP contribution is 2.43. The minimum Gasteiger partial charge on any atom is -0.391 e. The van der Waals surface area contributed by atoms with Crippen LogP contribution in [0.3, 0.4) is 0 Å². The van der Waals surface area contributed by atoms with Crippen LogP contribution in [0.4, 0.5) is 0 Å². The van der Waals surface area contributed by atoms with Crippen LogP contribution in [-0.2, 0) is 0 Å². The molecular formula is C10H15N. The van der Waals surface area contributed by atoms with Gasteiger partial charge in [-0.1, -0.05) is 18.2 Å². The third kappa shape index (κ3) is 1.47. The molecule has 0 heterocycles. The average Bonchev–Trinajstić information content (AvgIpc) is 2.67. The molecule has 1 saturated carbocycles. The molecule has 0 saturated heterocycles. The Hall–Kier alpha value is -0.720. The van der Waals surface area contributed by atoms with E-state index in [1.54, 1.807) is 0 Å². The zero-order valence-corrected chi connectivity index (χ0v) is 7.01. The van der Waals surface area contributed by atoms with Gasteiger partial charge >= 0.3 is 0 Å². The number of fused-ring (bicyclic) bond motifs is 1. The van der Waals surface area contributed by atoms with Crippen molar-refractivity contribution in [1.29, 1.82) is 0 Å². The summed E-state index contributed by atoms with van der Waals surface area (Å²) in [5.41, 5.74) is 1.40. The minimum absolute atomic E-state index is 0.891. The SMILES string of the molecule is CNC1=CC2CC2CC=CC1. The average molecular weight is 149 g/mol. The van der Waals surface area contributed by atoms with Crippen molar-refractivity contribution in [2.45, 2.75) is 19.3 Å². The van der Waals surface area contributed by atoms with Crippen LogP contribution in [0.15, 0.2) is 23.9 Å². The highest BCUT2D eigenvalue weighted by atomic mass is 14.8. The molecule has 2 aliphatic carbocycles. The van der Waals surface area contributed by atoms with Gasteiger partial charge in [0.25, 0.3) is 0 Å². The molecule has 2 unspecified atom stereocenters. The number of hydrogen-bond acceptors (Lipinski definition) is 1. The van der Waals surface area contributed by atoms with E-state index >= 15 is 0 Å². The number of allylic oxidation sites excluding steroid dienone is 3. The molecule has 60 valence electrons. The third-order valence-corrected chi connectivity index (χ3v) is 2.66. The van der Waals surface area contributed by atoms with Crippen molar-refractivity contribution < 1.29 is 0 Å². The summed E-state index contributed by atoms with van der Waals surface area (Å²) in [6.07, 6.45) is 10.8. The molecule has 1 heteroatoms. The molecule has 0 amide bonds. The molecule has 11 heavy (non-hydrogen) atoms. The fourth-order valence-corrected chi connectivity index (χ4v) is 1.74. The normalized spacial score (nSPS) is 34.8. The lowest BCUT2D eigenvalue weighted by molar-refractivity contribution is 0.777. The van der Waals surface area contributed by atoms with Crippen LogP contribution < -0.4 is 5.32 Å². The van der Waals surface area contributed by atoms with Gasteiger partial charge in [0, 0.05) is 19.2 Å². The van der Waals surface area contributed by atoms with Crippen molar-refractivity contribution in [2.75, 3.05) is 7.05 Å². The lowest BCUT2D eigenvalue weighted by Crippen LogP contribution is -2.05. The first kappa shape index (κ1) is 6.96. The van der Waals surface area contributed by atoms with E-state index in [0.717, 1.165) is 18.3 Å². The van der Waals surface area contributed by atoms with Crippen LogP contribution in [0.2, 0.25) is 0 Å². The predicted octanol–water partition coefficient (Wildman–Crippen LogP) is 2.08. The maximum absolute atomic E-state index is 3.24. The minimum atomic E-state index is 0.891. The molecule has 1 N–H and O–H groups in total.